The van der Waals surface area contributed by atoms with Crippen LogP contribution in [-0.2, 0) is 0 Å². The molecule has 4 N–H and O–H groups in total. The molecule has 1 aliphatic rings. The van der Waals surface area contributed by atoms with Gasteiger partial charge in [-0.05, 0) is 56.0 Å². The molecule has 1 heterocycles. The van der Waals surface area contributed by atoms with Gasteiger partial charge in [0.15, 0.2) is 0 Å². The molecule has 3 nitrogen and oxygen atoms in total. The lowest BCUT2D eigenvalue weighted by Gasteiger charge is -2.35. The highest BCUT2D eigenvalue weighted by atomic mass is 16.3. The molecule has 0 aromatic heterocycles. The third-order valence-electron chi connectivity index (χ3n) is 3.51. The smallest absolute Gasteiger partial charge is 0.115 e. The molecule has 0 amide bonds. The summed E-state index contributed by atoms with van der Waals surface area (Å²) in [6.07, 6.45) is 1.09. The Labute approximate surface area is 96.7 Å². The van der Waals surface area contributed by atoms with E-state index in [4.69, 9.17) is 5.73 Å². The van der Waals surface area contributed by atoms with E-state index in [1.165, 1.54) is 5.56 Å². The minimum Gasteiger partial charge on any atom is -0.508 e. The first kappa shape index (κ1) is 11.4. The zero-order valence-electron chi connectivity index (χ0n) is 9.69. The van der Waals surface area contributed by atoms with Gasteiger partial charge in [0, 0.05) is 6.04 Å². The van der Waals surface area contributed by atoms with Crippen LogP contribution in [0.3, 0.4) is 0 Å². The number of benzene rings is 1. The van der Waals surface area contributed by atoms with Gasteiger partial charge >= 0.3 is 0 Å². The number of phenols is 1. The molecule has 3 atom stereocenters. The van der Waals surface area contributed by atoms with Gasteiger partial charge in [0.2, 0.25) is 0 Å². The largest absolute Gasteiger partial charge is 0.508 e. The zero-order chi connectivity index (χ0) is 11.5. The van der Waals surface area contributed by atoms with E-state index in [2.05, 4.69) is 18.3 Å². The molecule has 0 spiro atoms. The summed E-state index contributed by atoms with van der Waals surface area (Å²) in [5.41, 5.74) is 7.02. The summed E-state index contributed by atoms with van der Waals surface area (Å²) in [4.78, 5) is 0. The highest BCUT2D eigenvalue weighted by molar-refractivity contribution is 5.30. The maximum atomic E-state index is 9.52. The first-order chi connectivity index (χ1) is 7.70. The second-order valence-corrected chi connectivity index (χ2v) is 4.74. The lowest BCUT2D eigenvalue weighted by atomic mass is 9.79. The van der Waals surface area contributed by atoms with Gasteiger partial charge < -0.3 is 16.2 Å². The van der Waals surface area contributed by atoms with Crippen LogP contribution in [0, 0.1) is 5.92 Å². The highest BCUT2D eigenvalue weighted by Crippen LogP contribution is 2.33. The van der Waals surface area contributed by atoms with Crippen LogP contribution in [0.1, 0.15) is 24.8 Å². The van der Waals surface area contributed by atoms with E-state index in [1.807, 2.05) is 12.1 Å². The van der Waals surface area contributed by atoms with Gasteiger partial charge in [0.05, 0.1) is 0 Å². The predicted octanol–water partition coefficient (Wildman–Crippen LogP) is 1.43. The van der Waals surface area contributed by atoms with Crippen molar-refractivity contribution in [2.45, 2.75) is 25.3 Å². The second-order valence-electron chi connectivity index (χ2n) is 4.74. The molecule has 0 radical (unpaired) electrons. The van der Waals surface area contributed by atoms with Gasteiger partial charge in [-0.15, -0.1) is 0 Å². The Balaban J connectivity index is 2.22. The average molecular weight is 220 g/mol. The van der Waals surface area contributed by atoms with E-state index < -0.39 is 0 Å². The molecular formula is C13H20N2O. The van der Waals surface area contributed by atoms with Crippen molar-refractivity contribution in [1.82, 2.24) is 5.32 Å². The minimum atomic E-state index is 0.347. The fourth-order valence-electron chi connectivity index (χ4n) is 2.56. The molecule has 3 unspecified atom stereocenters. The molecule has 1 aromatic carbocycles. The summed E-state index contributed by atoms with van der Waals surface area (Å²) in [7, 11) is 0. The van der Waals surface area contributed by atoms with Gasteiger partial charge in [-0.1, -0.05) is 12.1 Å². The van der Waals surface area contributed by atoms with E-state index in [0.717, 1.165) is 13.0 Å². The lowest BCUT2D eigenvalue weighted by molar-refractivity contribution is 0.284. The Bertz CT molecular complexity index is 354. The first-order valence-electron chi connectivity index (χ1n) is 5.93. The van der Waals surface area contributed by atoms with E-state index >= 15 is 0 Å². The van der Waals surface area contributed by atoms with Crippen molar-refractivity contribution in [2.75, 3.05) is 13.1 Å². The summed E-state index contributed by atoms with van der Waals surface area (Å²) in [6, 6.07) is 8.10. The van der Waals surface area contributed by atoms with Crippen LogP contribution >= 0.6 is 0 Å². The van der Waals surface area contributed by atoms with Gasteiger partial charge in [-0.2, -0.15) is 0 Å². The fraction of sp³-hybridized carbons (Fsp3) is 0.538. The van der Waals surface area contributed by atoms with E-state index in [-0.39, 0.29) is 0 Å². The third kappa shape index (κ3) is 2.36. The van der Waals surface area contributed by atoms with Gasteiger partial charge in [-0.25, -0.2) is 0 Å². The van der Waals surface area contributed by atoms with Crippen LogP contribution in [-0.4, -0.2) is 24.2 Å². The van der Waals surface area contributed by atoms with Crippen molar-refractivity contribution in [2.24, 2.45) is 11.7 Å². The van der Waals surface area contributed by atoms with Crippen molar-refractivity contribution < 1.29 is 5.11 Å². The Morgan fingerprint density at radius 2 is 2.31 bits per heavy atom. The quantitative estimate of drug-likeness (QED) is 0.706. The van der Waals surface area contributed by atoms with Crippen LogP contribution in [0.2, 0.25) is 0 Å². The summed E-state index contributed by atoms with van der Waals surface area (Å²) < 4.78 is 0. The number of piperidine rings is 1. The number of nitrogens with two attached hydrogens (primary N) is 1. The number of aromatic hydroxyl groups is 1. The fourth-order valence-corrected chi connectivity index (χ4v) is 2.56. The SMILES string of the molecule is CC1CC(c2cccc(O)c2)C(CN)CN1. The molecule has 2 rings (SSSR count). The van der Waals surface area contributed by atoms with Gasteiger partial charge in [0.1, 0.15) is 5.75 Å². The van der Waals surface area contributed by atoms with Crippen LogP contribution in [0.25, 0.3) is 0 Å². The average Bonchev–Trinajstić information content (AvgIpc) is 2.29. The monoisotopic (exact) mass is 220 g/mol. The zero-order valence-corrected chi connectivity index (χ0v) is 9.69. The van der Waals surface area contributed by atoms with Crippen LogP contribution < -0.4 is 11.1 Å². The number of hydrogen-bond acceptors (Lipinski definition) is 3. The molecule has 3 heteroatoms. The van der Waals surface area contributed by atoms with E-state index in [0.29, 0.717) is 30.2 Å². The minimum absolute atomic E-state index is 0.347. The Hall–Kier alpha value is -1.06. The maximum Gasteiger partial charge on any atom is 0.115 e. The van der Waals surface area contributed by atoms with Gasteiger partial charge in [-0.3, -0.25) is 0 Å². The molecule has 1 saturated heterocycles. The Kier molecular flexibility index (Phi) is 3.46. The second kappa shape index (κ2) is 4.85. The van der Waals surface area contributed by atoms with Crippen LogP contribution in [0.5, 0.6) is 5.75 Å². The maximum absolute atomic E-state index is 9.52. The van der Waals surface area contributed by atoms with E-state index in [9.17, 15) is 5.11 Å². The number of rotatable bonds is 2. The summed E-state index contributed by atoms with van der Waals surface area (Å²) >= 11 is 0. The van der Waals surface area contributed by atoms with Gasteiger partial charge in [0.25, 0.3) is 0 Å². The van der Waals surface area contributed by atoms with Crippen molar-refractivity contribution >= 4 is 0 Å². The molecule has 0 bridgehead atoms. The number of phenolic OH excluding ortho intramolecular Hbond substituents is 1. The molecule has 88 valence electrons. The summed E-state index contributed by atoms with van der Waals surface area (Å²) in [5, 5.41) is 13.0. The Morgan fingerprint density at radius 1 is 1.50 bits per heavy atom. The van der Waals surface area contributed by atoms with Crippen molar-refractivity contribution in [3.8, 4) is 5.75 Å². The first-order valence-corrected chi connectivity index (χ1v) is 5.93. The molecule has 1 aromatic rings. The number of hydrogen-bond donors (Lipinski definition) is 3. The topological polar surface area (TPSA) is 58.3 Å². The normalized spacial score (nSPS) is 30.2. The molecule has 1 fully saturated rings. The van der Waals surface area contributed by atoms with Crippen molar-refractivity contribution in [3.63, 3.8) is 0 Å². The molecule has 0 aliphatic carbocycles. The third-order valence-corrected chi connectivity index (χ3v) is 3.51. The lowest BCUT2D eigenvalue weighted by Crippen LogP contribution is -2.44. The molecule has 1 aliphatic heterocycles. The molecular weight excluding hydrogens is 200 g/mol. The molecule has 0 saturated carbocycles. The highest BCUT2D eigenvalue weighted by Gasteiger charge is 2.28. The van der Waals surface area contributed by atoms with Crippen LogP contribution in [0.15, 0.2) is 24.3 Å². The predicted molar refractivity (Wildman–Crippen MR) is 65.5 cm³/mol. The van der Waals surface area contributed by atoms with Crippen LogP contribution in [0.4, 0.5) is 0 Å². The molecule has 16 heavy (non-hydrogen) atoms. The summed E-state index contributed by atoms with van der Waals surface area (Å²) in [5.74, 6) is 1.28. The number of nitrogens with one attached hydrogen (secondary N) is 1. The Morgan fingerprint density at radius 3 is 3.00 bits per heavy atom. The summed E-state index contributed by atoms with van der Waals surface area (Å²) in [6.45, 7) is 3.86. The standard InChI is InChI=1S/C13H20N2O/c1-9-5-13(11(7-14)8-15-9)10-3-2-4-12(16)6-10/h2-4,6,9,11,13,15-16H,5,7-8,14H2,1H3. The van der Waals surface area contributed by atoms with Crippen molar-refractivity contribution in [1.29, 1.82) is 0 Å². The van der Waals surface area contributed by atoms with E-state index in [1.54, 1.807) is 6.07 Å². The van der Waals surface area contributed by atoms with Crippen molar-refractivity contribution in [3.05, 3.63) is 29.8 Å².